The second kappa shape index (κ2) is 28.4. The summed E-state index contributed by atoms with van der Waals surface area (Å²) in [5, 5.41) is 0. The van der Waals surface area contributed by atoms with Crippen LogP contribution in [0.3, 0.4) is 0 Å². The second-order valence-corrected chi connectivity index (χ2v) is 10.2. The van der Waals surface area contributed by atoms with E-state index in [1.807, 2.05) is 0 Å². The van der Waals surface area contributed by atoms with Gasteiger partial charge in [0.05, 0.1) is 0 Å². The van der Waals surface area contributed by atoms with Gasteiger partial charge in [-0.3, -0.25) is 4.79 Å². The highest BCUT2D eigenvalue weighted by Crippen LogP contribution is 2.14. The van der Waals surface area contributed by atoms with Crippen LogP contribution in [0.25, 0.3) is 0 Å². The van der Waals surface area contributed by atoms with Crippen LogP contribution < -0.4 is 0 Å². The van der Waals surface area contributed by atoms with E-state index in [2.05, 4.69) is 26.0 Å². The van der Waals surface area contributed by atoms with Gasteiger partial charge >= 0.3 is 0 Å². The molecule has 0 saturated heterocycles. The molecule has 0 rings (SSSR count). The first-order chi connectivity index (χ1) is 15.8. The predicted octanol–water partition coefficient (Wildman–Crippen LogP) is 11.3. The largest absolute Gasteiger partial charge is 0.300 e. The van der Waals surface area contributed by atoms with Gasteiger partial charge in [0.25, 0.3) is 0 Å². The van der Waals surface area contributed by atoms with Gasteiger partial charge in [0, 0.05) is 12.8 Å². The number of hydrogen-bond donors (Lipinski definition) is 0. The van der Waals surface area contributed by atoms with Crippen LogP contribution in [0.1, 0.15) is 181 Å². The fourth-order valence-electron chi connectivity index (χ4n) is 4.50. The van der Waals surface area contributed by atoms with Crippen molar-refractivity contribution < 1.29 is 4.79 Å². The summed E-state index contributed by atoms with van der Waals surface area (Å²) in [7, 11) is 0. The number of ketones is 1. The maximum absolute atomic E-state index is 12.0. The number of hydrogen-bond acceptors (Lipinski definition) is 1. The summed E-state index contributed by atoms with van der Waals surface area (Å²) in [4.78, 5) is 12.0. The molecule has 190 valence electrons. The first kappa shape index (κ1) is 31.4. The lowest BCUT2D eigenvalue weighted by molar-refractivity contribution is -0.119. The minimum Gasteiger partial charge on any atom is -0.300 e. The second-order valence-electron chi connectivity index (χ2n) is 10.2. The molecule has 0 unspecified atom stereocenters. The molecule has 1 heteroatoms. The van der Waals surface area contributed by atoms with Crippen LogP contribution >= 0.6 is 0 Å². The first-order valence-corrected chi connectivity index (χ1v) is 15.0. The Balaban J connectivity index is 3.19. The summed E-state index contributed by atoms with van der Waals surface area (Å²) in [5.41, 5.74) is 0. The standard InChI is InChI=1S/C31H60O/c1-3-5-7-9-11-13-15-17-19-21-23-25-27-29-31(32)30-28-26-24-22-20-18-16-14-12-10-8-6-4-2/h13,15H,3-12,14,16-30H2,1-2H3. The summed E-state index contributed by atoms with van der Waals surface area (Å²) >= 11 is 0. The normalized spacial score (nSPS) is 11.6. The van der Waals surface area contributed by atoms with Gasteiger partial charge in [0.15, 0.2) is 0 Å². The summed E-state index contributed by atoms with van der Waals surface area (Å²) in [6.07, 6.45) is 38.6. The number of Topliss-reactive ketones (excluding diaryl/α,β-unsaturated/α-hetero) is 1. The maximum Gasteiger partial charge on any atom is 0.132 e. The molecule has 0 N–H and O–H groups in total. The molecule has 0 heterocycles. The zero-order valence-corrected chi connectivity index (χ0v) is 22.4. The van der Waals surface area contributed by atoms with E-state index in [1.165, 1.54) is 141 Å². The van der Waals surface area contributed by atoms with Crippen LogP contribution in [0.15, 0.2) is 12.2 Å². The third-order valence-corrected chi connectivity index (χ3v) is 6.78. The SMILES string of the molecule is CCCCCCC=CCCCCCCCC(=O)CCCCCCCCCCCCCCC. The van der Waals surface area contributed by atoms with Gasteiger partial charge in [-0.25, -0.2) is 0 Å². The zero-order chi connectivity index (χ0) is 23.4. The third-order valence-electron chi connectivity index (χ3n) is 6.78. The Bertz CT molecular complexity index is 384. The van der Waals surface area contributed by atoms with Gasteiger partial charge in [-0.05, 0) is 38.5 Å². The molecule has 0 aliphatic rings. The highest BCUT2D eigenvalue weighted by atomic mass is 16.1. The smallest absolute Gasteiger partial charge is 0.132 e. The highest BCUT2D eigenvalue weighted by molar-refractivity contribution is 5.78. The molecular formula is C31H60O. The number of allylic oxidation sites excluding steroid dienone is 2. The lowest BCUT2D eigenvalue weighted by atomic mass is 10.0. The Labute approximate surface area is 203 Å². The summed E-state index contributed by atoms with van der Waals surface area (Å²) < 4.78 is 0. The minimum atomic E-state index is 0.513. The topological polar surface area (TPSA) is 17.1 Å². The van der Waals surface area contributed by atoms with E-state index in [4.69, 9.17) is 0 Å². The average Bonchev–Trinajstić information content (AvgIpc) is 2.80. The molecule has 0 aromatic heterocycles. The lowest BCUT2D eigenvalue weighted by Crippen LogP contribution is -1.97. The van der Waals surface area contributed by atoms with Crippen LogP contribution in [0, 0.1) is 0 Å². The van der Waals surface area contributed by atoms with E-state index in [0.717, 1.165) is 25.7 Å². The Morgan fingerprint density at radius 3 is 1.06 bits per heavy atom. The van der Waals surface area contributed by atoms with Gasteiger partial charge in [-0.1, -0.05) is 142 Å². The summed E-state index contributed by atoms with van der Waals surface area (Å²) in [6, 6.07) is 0. The molecule has 0 amide bonds. The summed E-state index contributed by atoms with van der Waals surface area (Å²) in [6.45, 7) is 4.56. The van der Waals surface area contributed by atoms with Crippen molar-refractivity contribution in [2.75, 3.05) is 0 Å². The van der Waals surface area contributed by atoms with Crippen LogP contribution in [-0.4, -0.2) is 5.78 Å². The Kier molecular flexibility index (Phi) is 27.9. The number of unbranched alkanes of at least 4 members (excludes halogenated alkanes) is 21. The fourth-order valence-corrected chi connectivity index (χ4v) is 4.50. The van der Waals surface area contributed by atoms with Crippen molar-refractivity contribution in [2.24, 2.45) is 0 Å². The van der Waals surface area contributed by atoms with Crippen molar-refractivity contribution in [1.29, 1.82) is 0 Å². The van der Waals surface area contributed by atoms with Crippen molar-refractivity contribution in [3.63, 3.8) is 0 Å². The van der Waals surface area contributed by atoms with Crippen LogP contribution in [0.4, 0.5) is 0 Å². The molecule has 0 aliphatic heterocycles. The lowest BCUT2D eigenvalue weighted by Gasteiger charge is -2.04. The van der Waals surface area contributed by atoms with Crippen molar-refractivity contribution in [3.8, 4) is 0 Å². The van der Waals surface area contributed by atoms with Gasteiger partial charge in [0.1, 0.15) is 5.78 Å². The molecule has 0 radical (unpaired) electrons. The van der Waals surface area contributed by atoms with Crippen molar-refractivity contribution in [2.45, 2.75) is 181 Å². The molecule has 0 aliphatic carbocycles. The average molecular weight is 449 g/mol. The maximum atomic E-state index is 12.0. The van der Waals surface area contributed by atoms with Gasteiger partial charge < -0.3 is 0 Å². The number of carbonyl (C=O) groups is 1. The van der Waals surface area contributed by atoms with E-state index < -0.39 is 0 Å². The monoisotopic (exact) mass is 448 g/mol. The van der Waals surface area contributed by atoms with E-state index in [0.29, 0.717) is 5.78 Å². The minimum absolute atomic E-state index is 0.513. The van der Waals surface area contributed by atoms with Crippen molar-refractivity contribution >= 4 is 5.78 Å². The Hall–Kier alpha value is -0.590. The van der Waals surface area contributed by atoms with Gasteiger partial charge in [0.2, 0.25) is 0 Å². The number of rotatable bonds is 27. The van der Waals surface area contributed by atoms with Crippen molar-refractivity contribution in [1.82, 2.24) is 0 Å². The van der Waals surface area contributed by atoms with E-state index >= 15 is 0 Å². The van der Waals surface area contributed by atoms with Crippen LogP contribution in [0.2, 0.25) is 0 Å². The number of carbonyl (C=O) groups excluding carboxylic acids is 1. The molecule has 0 bridgehead atoms. The molecule has 0 fully saturated rings. The summed E-state index contributed by atoms with van der Waals surface area (Å²) in [5.74, 6) is 0.513. The van der Waals surface area contributed by atoms with Gasteiger partial charge in [-0.15, -0.1) is 0 Å². The zero-order valence-electron chi connectivity index (χ0n) is 22.4. The van der Waals surface area contributed by atoms with E-state index in [9.17, 15) is 4.79 Å². The van der Waals surface area contributed by atoms with Gasteiger partial charge in [-0.2, -0.15) is 0 Å². The third kappa shape index (κ3) is 27.4. The van der Waals surface area contributed by atoms with E-state index in [1.54, 1.807) is 0 Å². The molecule has 32 heavy (non-hydrogen) atoms. The van der Waals surface area contributed by atoms with Crippen LogP contribution in [-0.2, 0) is 4.79 Å². The predicted molar refractivity (Wildman–Crippen MR) is 146 cm³/mol. The molecule has 0 spiro atoms. The molecule has 1 nitrogen and oxygen atoms in total. The molecule has 0 aromatic carbocycles. The fraction of sp³-hybridized carbons (Fsp3) is 0.903. The molecular weight excluding hydrogens is 388 g/mol. The van der Waals surface area contributed by atoms with Crippen molar-refractivity contribution in [3.05, 3.63) is 12.2 Å². The quantitative estimate of drug-likeness (QED) is 0.0901. The Morgan fingerprint density at radius 1 is 0.406 bits per heavy atom. The van der Waals surface area contributed by atoms with E-state index in [-0.39, 0.29) is 0 Å². The first-order valence-electron chi connectivity index (χ1n) is 15.0. The molecule has 0 saturated carbocycles. The molecule has 0 aromatic rings. The Morgan fingerprint density at radius 2 is 0.688 bits per heavy atom. The molecule has 0 atom stereocenters. The van der Waals surface area contributed by atoms with Crippen LogP contribution in [0.5, 0.6) is 0 Å². The highest BCUT2D eigenvalue weighted by Gasteiger charge is 2.02.